The molecule has 0 aromatic heterocycles. The van der Waals surface area contributed by atoms with Crippen molar-refractivity contribution in [3.8, 4) is 11.5 Å². The maximum Gasteiger partial charge on any atom is 0.308 e. The molecule has 0 heterocycles. The van der Waals surface area contributed by atoms with Crippen LogP contribution in [-0.2, 0) is 4.79 Å². The number of nitrogens with two attached hydrogens (primary N) is 1. The first-order valence-electron chi connectivity index (χ1n) is 3.36. The van der Waals surface area contributed by atoms with Crippen LogP contribution in [0, 0.1) is 0 Å². The number of benzene rings is 1. The summed E-state index contributed by atoms with van der Waals surface area (Å²) in [5.41, 5.74) is 5.78. The molecular formula is C8H9NO3. The van der Waals surface area contributed by atoms with E-state index in [4.69, 9.17) is 5.73 Å². The van der Waals surface area contributed by atoms with Gasteiger partial charge in [0.15, 0.2) is 11.5 Å². The van der Waals surface area contributed by atoms with E-state index >= 15 is 0 Å². The number of phenols is 1. The van der Waals surface area contributed by atoms with Crippen molar-refractivity contribution in [2.45, 2.75) is 6.92 Å². The number of carbonyl (C=O) groups is 1. The third-order valence-electron chi connectivity index (χ3n) is 1.24. The molecule has 0 aliphatic carbocycles. The van der Waals surface area contributed by atoms with Crippen LogP contribution in [0.4, 0.5) is 5.69 Å². The molecule has 0 spiro atoms. The molecule has 0 unspecified atom stereocenters. The Balaban J connectivity index is 2.93. The van der Waals surface area contributed by atoms with E-state index < -0.39 is 5.97 Å². The van der Waals surface area contributed by atoms with Crippen molar-refractivity contribution in [2.75, 3.05) is 5.73 Å². The lowest BCUT2D eigenvalue weighted by Crippen LogP contribution is -2.01. The molecule has 0 aliphatic rings. The molecule has 0 bridgehead atoms. The van der Waals surface area contributed by atoms with Gasteiger partial charge in [0.05, 0.1) is 0 Å². The topological polar surface area (TPSA) is 72.5 Å². The highest BCUT2D eigenvalue weighted by atomic mass is 16.5. The highest BCUT2D eigenvalue weighted by Crippen LogP contribution is 2.27. The lowest BCUT2D eigenvalue weighted by atomic mass is 10.3. The molecule has 4 heteroatoms. The summed E-state index contributed by atoms with van der Waals surface area (Å²) in [6, 6.07) is 4.29. The maximum atomic E-state index is 10.5. The van der Waals surface area contributed by atoms with Gasteiger partial charge in [-0.25, -0.2) is 0 Å². The first-order chi connectivity index (χ1) is 5.59. The van der Waals surface area contributed by atoms with Crippen LogP contribution in [0.2, 0.25) is 0 Å². The zero-order chi connectivity index (χ0) is 9.14. The van der Waals surface area contributed by atoms with E-state index in [2.05, 4.69) is 4.74 Å². The number of hydrogen-bond acceptors (Lipinski definition) is 4. The minimum Gasteiger partial charge on any atom is -0.504 e. The second-order valence-electron chi connectivity index (χ2n) is 2.32. The summed E-state index contributed by atoms with van der Waals surface area (Å²) >= 11 is 0. The lowest BCUT2D eigenvalue weighted by molar-refractivity contribution is -0.132. The summed E-state index contributed by atoms with van der Waals surface area (Å²) in [6.07, 6.45) is 0. The average molecular weight is 167 g/mol. The molecule has 1 rings (SSSR count). The number of ether oxygens (including phenoxy) is 1. The van der Waals surface area contributed by atoms with Crippen molar-refractivity contribution >= 4 is 11.7 Å². The maximum absolute atomic E-state index is 10.5. The molecule has 3 N–H and O–H groups in total. The normalized spacial score (nSPS) is 9.42. The van der Waals surface area contributed by atoms with Gasteiger partial charge in [0.2, 0.25) is 0 Å². The molecule has 0 radical (unpaired) electrons. The largest absolute Gasteiger partial charge is 0.504 e. The number of esters is 1. The van der Waals surface area contributed by atoms with Crippen molar-refractivity contribution in [3.05, 3.63) is 18.2 Å². The van der Waals surface area contributed by atoms with Crippen LogP contribution >= 0.6 is 0 Å². The Morgan fingerprint density at radius 3 is 2.75 bits per heavy atom. The third-order valence-corrected chi connectivity index (χ3v) is 1.24. The monoisotopic (exact) mass is 167 g/mol. The molecule has 12 heavy (non-hydrogen) atoms. The zero-order valence-corrected chi connectivity index (χ0v) is 6.57. The molecule has 0 atom stereocenters. The molecule has 1 aromatic carbocycles. The number of anilines is 1. The predicted molar refractivity (Wildman–Crippen MR) is 43.8 cm³/mol. The van der Waals surface area contributed by atoms with Gasteiger partial charge in [-0.2, -0.15) is 0 Å². The summed E-state index contributed by atoms with van der Waals surface area (Å²) in [5, 5.41) is 9.18. The highest BCUT2D eigenvalue weighted by molar-refractivity contribution is 5.70. The van der Waals surface area contributed by atoms with E-state index in [-0.39, 0.29) is 11.5 Å². The Bertz CT molecular complexity index is 309. The van der Waals surface area contributed by atoms with Crippen LogP contribution in [0.1, 0.15) is 6.92 Å². The van der Waals surface area contributed by atoms with Crippen LogP contribution < -0.4 is 10.5 Å². The van der Waals surface area contributed by atoms with Crippen molar-refractivity contribution in [2.24, 2.45) is 0 Å². The van der Waals surface area contributed by atoms with E-state index in [9.17, 15) is 9.90 Å². The van der Waals surface area contributed by atoms with E-state index in [1.165, 1.54) is 25.1 Å². The molecule has 0 saturated carbocycles. The number of rotatable bonds is 1. The molecule has 4 nitrogen and oxygen atoms in total. The fourth-order valence-corrected chi connectivity index (χ4v) is 0.776. The fourth-order valence-electron chi connectivity index (χ4n) is 0.776. The molecule has 64 valence electrons. The zero-order valence-electron chi connectivity index (χ0n) is 6.57. The summed E-state index contributed by atoms with van der Waals surface area (Å²) in [6.45, 7) is 1.26. The number of nitrogen functional groups attached to an aromatic ring is 1. The SMILES string of the molecule is CC(=O)Oc1ccc(N)cc1O. The summed E-state index contributed by atoms with van der Waals surface area (Å²) in [4.78, 5) is 10.5. The number of phenolic OH excluding ortho intramolecular Hbond substituents is 1. The summed E-state index contributed by atoms with van der Waals surface area (Å²) < 4.78 is 4.66. The fraction of sp³-hybridized carbons (Fsp3) is 0.125. The van der Waals surface area contributed by atoms with Gasteiger partial charge in [0.25, 0.3) is 0 Å². The van der Waals surface area contributed by atoms with Gasteiger partial charge >= 0.3 is 5.97 Å². The highest BCUT2D eigenvalue weighted by Gasteiger charge is 2.04. The van der Waals surface area contributed by atoms with Crippen molar-refractivity contribution in [3.63, 3.8) is 0 Å². The van der Waals surface area contributed by atoms with E-state index in [1.54, 1.807) is 0 Å². The Hall–Kier alpha value is -1.71. The van der Waals surface area contributed by atoms with Gasteiger partial charge in [-0.1, -0.05) is 0 Å². The summed E-state index contributed by atoms with van der Waals surface area (Å²) in [7, 11) is 0. The van der Waals surface area contributed by atoms with Crippen LogP contribution in [0.25, 0.3) is 0 Å². The molecule has 0 fully saturated rings. The Morgan fingerprint density at radius 2 is 2.25 bits per heavy atom. The van der Waals surface area contributed by atoms with Crippen LogP contribution in [0.5, 0.6) is 11.5 Å². The number of carbonyl (C=O) groups excluding carboxylic acids is 1. The Labute approximate surface area is 69.6 Å². The molecule has 0 saturated heterocycles. The van der Waals surface area contributed by atoms with E-state index in [1.807, 2.05) is 0 Å². The minimum absolute atomic E-state index is 0.122. The molecule has 0 amide bonds. The molecule has 0 aliphatic heterocycles. The smallest absolute Gasteiger partial charge is 0.308 e. The van der Waals surface area contributed by atoms with Gasteiger partial charge in [-0.15, -0.1) is 0 Å². The van der Waals surface area contributed by atoms with Gasteiger partial charge in [-0.3, -0.25) is 4.79 Å². The van der Waals surface area contributed by atoms with Gasteiger partial charge in [0, 0.05) is 18.7 Å². The van der Waals surface area contributed by atoms with Crippen molar-refractivity contribution in [1.29, 1.82) is 0 Å². The second-order valence-corrected chi connectivity index (χ2v) is 2.32. The van der Waals surface area contributed by atoms with Crippen molar-refractivity contribution in [1.82, 2.24) is 0 Å². The number of hydrogen-bond donors (Lipinski definition) is 2. The van der Waals surface area contributed by atoms with Crippen molar-refractivity contribution < 1.29 is 14.6 Å². The van der Waals surface area contributed by atoms with Gasteiger partial charge in [0.1, 0.15) is 0 Å². The molecular weight excluding hydrogens is 158 g/mol. The first kappa shape index (κ1) is 8.39. The quantitative estimate of drug-likeness (QED) is 0.370. The second kappa shape index (κ2) is 3.13. The standard InChI is InChI=1S/C8H9NO3/c1-5(10)12-8-3-2-6(9)4-7(8)11/h2-4,11H,9H2,1H3. The Morgan fingerprint density at radius 1 is 1.58 bits per heavy atom. The summed E-state index contributed by atoms with van der Waals surface area (Å²) in [5.74, 6) is -0.489. The molecule has 1 aromatic rings. The van der Waals surface area contributed by atoms with Gasteiger partial charge < -0.3 is 15.6 Å². The number of aromatic hydroxyl groups is 1. The van der Waals surface area contributed by atoms with Crippen LogP contribution in [0.15, 0.2) is 18.2 Å². The van der Waals surface area contributed by atoms with Crippen LogP contribution in [-0.4, -0.2) is 11.1 Å². The van der Waals surface area contributed by atoms with E-state index in [0.717, 1.165) is 0 Å². The Kier molecular flexibility index (Phi) is 2.19. The minimum atomic E-state index is -0.477. The van der Waals surface area contributed by atoms with Crippen LogP contribution in [0.3, 0.4) is 0 Å². The predicted octanol–water partition coefficient (Wildman–Crippen LogP) is 0.900. The first-order valence-corrected chi connectivity index (χ1v) is 3.36. The van der Waals surface area contributed by atoms with E-state index in [0.29, 0.717) is 5.69 Å². The lowest BCUT2D eigenvalue weighted by Gasteiger charge is -2.03. The third kappa shape index (κ3) is 1.88. The van der Waals surface area contributed by atoms with Gasteiger partial charge in [-0.05, 0) is 12.1 Å². The average Bonchev–Trinajstić information content (AvgIpc) is 1.94.